The zero-order valence-electron chi connectivity index (χ0n) is 11.6. The maximum atomic E-state index is 12.1. The van der Waals surface area contributed by atoms with Gasteiger partial charge in [0.25, 0.3) is 0 Å². The molecule has 0 amide bonds. The van der Waals surface area contributed by atoms with Crippen LogP contribution in [-0.2, 0) is 31.9 Å². The Morgan fingerprint density at radius 2 is 2.05 bits per heavy atom. The molecule has 20 heavy (non-hydrogen) atoms. The van der Waals surface area contributed by atoms with Crippen LogP contribution in [0.15, 0.2) is 29.2 Å². The number of hydrogen-bond donors (Lipinski definition) is 1. The Bertz CT molecular complexity index is 543. The third-order valence-corrected chi connectivity index (χ3v) is 6.17. The molecule has 1 atom stereocenters. The van der Waals surface area contributed by atoms with Crippen LogP contribution in [0.3, 0.4) is 0 Å². The highest BCUT2D eigenvalue weighted by Crippen LogP contribution is 2.13. The van der Waals surface area contributed by atoms with Crippen LogP contribution in [0.1, 0.15) is 12.0 Å². The van der Waals surface area contributed by atoms with E-state index in [-0.39, 0.29) is 16.4 Å². The van der Waals surface area contributed by atoms with Crippen molar-refractivity contribution in [2.75, 3.05) is 31.0 Å². The second-order valence-corrected chi connectivity index (χ2v) is 8.17. The molecule has 2 N–H and O–H groups in total. The summed E-state index contributed by atoms with van der Waals surface area (Å²) >= 11 is 0. The fourth-order valence-electron chi connectivity index (χ4n) is 1.65. The van der Waals surface area contributed by atoms with Gasteiger partial charge in [0.05, 0.1) is 10.6 Å². The van der Waals surface area contributed by atoms with Crippen molar-refractivity contribution in [1.29, 1.82) is 0 Å². The van der Waals surface area contributed by atoms with E-state index in [1.54, 1.807) is 31.4 Å². The molecule has 1 aromatic rings. The van der Waals surface area contributed by atoms with E-state index in [0.29, 0.717) is 25.3 Å². The molecule has 0 aliphatic carbocycles. The van der Waals surface area contributed by atoms with Crippen molar-refractivity contribution < 1.29 is 17.4 Å². The van der Waals surface area contributed by atoms with Crippen LogP contribution in [0, 0.1) is 0 Å². The van der Waals surface area contributed by atoms with Gasteiger partial charge in [-0.25, -0.2) is 8.42 Å². The molecule has 1 unspecified atom stereocenters. The van der Waals surface area contributed by atoms with Crippen molar-refractivity contribution in [3.05, 3.63) is 29.8 Å². The monoisotopic (exact) mass is 319 g/mol. The van der Waals surface area contributed by atoms with Gasteiger partial charge in [0, 0.05) is 42.6 Å². The minimum absolute atomic E-state index is 0.110. The van der Waals surface area contributed by atoms with Crippen LogP contribution < -0.4 is 5.73 Å². The van der Waals surface area contributed by atoms with Crippen molar-refractivity contribution in [3.8, 4) is 0 Å². The Balaban J connectivity index is 2.59. The fraction of sp³-hybridized carbons (Fsp3) is 0.538. The predicted octanol–water partition coefficient (Wildman–Crippen LogP) is 0.704. The third kappa shape index (κ3) is 5.70. The Labute approximate surface area is 122 Å². The molecular weight excluding hydrogens is 298 g/mol. The normalized spacial score (nSPS) is 13.3. The van der Waals surface area contributed by atoms with Gasteiger partial charge in [0.1, 0.15) is 0 Å². The fourth-order valence-corrected chi connectivity index (χ4v) is 4.77. The van der Waals surface area contributed by atoms with Gasteiger partial charge in [-0.05, 0) is 24.1 Å². The summed E-state index contributed by atoms with van der Waals surface area (Å²) < 4.78 is 40.8. The molecule has 0 aliphatic heterocycles. The standard InChI is InChI=1S/C13H21NO4S2/c1-18-6-3-7-19(15)8-9-20(16,17)13-5-2-4-12(10-13)11-14/h2,4-5,10H,3,6-9,11,14H2,1H3. The van der Waals surface area contributed by atoms with Crippen molar-refractivity contribution >= 4 is 20.6 Å². The number of hydrogen-bond acceptors (Lipinski definition) is 5. The quantitative estimate of drug-likeness (QED) is 0.677. The first kappa shape index (κ1) is 17.3. The average molecular weight is 319 g/mol. The topological polar surface area (TPSA) is 86.5 Å². The largest absolute Gasteiger partial charge is 0.385 e. The highest BCUT2D eigenvalue weighted by atomic mass is 32.2. The second-order valence-electron chi connectivity index (χ2n) is 4.36. The van der Waals surface area contributed by atoms with Crippen LogP contribution in [0.2, 0.25) is 0 Å². The summed E-state index contributed by atoms with van der Waals surface area (Å²) in [5.74, 6) is 0.506. The lowest BCUT2D eigenvalue weighted by Gasteiger charge is -2.06. The molecule has 0 saturated carbocycles. The minimum atomic E-state index is -3.40. The third-order valence-electron chi connectivity index (χ3n) is 2.79. The van der Waals surface area contributed by atoms with Gasteiger partial charge >= 0.3 is 0 Å². The summed E-state index contributed by atoms with van der Waals surface area (Å²) in [7, 11) is -2.95. The van der Waals surface area contributed by atoms with E-state index in [1.807, 2.05) is 0 Å². The molecule has 0 aromatic heterocycles. The maximum absolute atomic E-state index is 12.1. The Kier molecular flexibility index (Phi) is 7.36. The Morgan fingerprint density at radius 1 is 1.30 bits per heavy atom. The molecule has 0 heterocycles. The van der Waals surface area contributed by atoms with Crippen LogP contribution in [-0.4, -0.2) is 43.6 Å². The first-order valence-electron chi connectivity index (χ1n) is 6.35. The summed E-state index contributed by atoms with van der Waals surface area (Å²) in [5, 5.41) is 0. The molecule has 0 saturated heterocycles. The van der Waals surface area contributed by atoms with Crippen LogP contribution in [0.25, 0.3) is 0 Å². The molecule has 1 rings (SSSR count). The number of benzene rings is 1. The molecule has 1 aromatic carbocycles. The van der Waals surface area contributed by atoms with E-state index in [4.69, 9.17) is 10.5 Å². The van der Waals surface area contributed by atoms with Gasteiger partial charge in [-0.1, -0.05) is 12.1 Å². The van der Waals surface area contributed by atoms with E-state index >= 15 is 0 Å². The van der Waals surface area contributed by atoms with Gasteiger partial charge in [0.2, 0.25) is 0 Å². The van der Waals surface area contributed by atoms with E-state index < -0.39 is 20.6 Å². The van der Waals surface area contributed by atoms with E-state index in [0.717, 1.165) is 5.56 Å². The second kappa shape index (κ2) is 8.51. The molecule has 0 radical (unpaired) electrons. The van der Waals surface area contributed by atoms with Gasteiger partial charge < -0.3 is 10.5 Å². The summed E-state index contributed by atoms with van der Waals surface area (Å²) in [4.78, 5) is 0.245. The number of rotatable bonds is 9. The average Bonchev–Trinajstić information content (AvgIpc) is 2.45. The first-order valence-corrected chi connectivity index (χ1v) is 9.49. The number of nitrogens with two attached hydrogens (primary N) is 1. The molecule has 114 valence electrons. The number of methoxy groups -OCH3 is 1. The summed E-state index contributed by atoms with van der Waals surface area (Å²) in [6.07, 6.45) is 0.672. The Morgan fingerprint density at radius 3 is 2.70 bits per heavy atom. The molecule has 0 spiro atoms. The molecule has 5 nitrogen and oxygen atoms in total. The maximum Gasteiger partial charge on any atom is 0.179 e. The van der Waals surface area contributed by atoms with Gasteiger partial charge in [-0.3, -0.25) is 4.21 Å². The van der Waals surface area contributed by atoms with Gasteiger partial charge in [-0.15, -0.1) is 0 Å². The number of ether oxygens (including phenoxy) is 1. The first-order chi connectivity index (χ1) is 9.49. The molecular formula is C13H21NO4S2. The zero-order valence-corrected chi connectivity index (χ0v) is 13.2. The number of sulfone groups is 1. The van der Waals surface area contributed by atoms with Crippen molar-refractivity contribution in [2.24, 2.45) is 5.73 Å². The van der Waals surface area contributed by atoms with E-state index in [2.05, 4.69) is 0 Å². The summed E-state index contributed by atoms with van der Waals surface area (Å²) in [5.41, 5.74) is 6.27. The smallest absolute Gasteiger partial charge is 0.179 e. The van der Waals surface area contributed by atoms with Crippen LogP contribution >= 0.6 is 0 Å². The lowest BCUT2D eigenvalue weighted by Crippen LogP contribution is -2.16. The molecule has 0 fully saturated rings. The van der Waals surface area contributed by atoms with Crippen molar-refractivity contribution in [2.45, 2.75) is 17.9 Å². The van der Waals surface area contributed by atoms with Gasteiger partial charge in [0.15, 0.2) is 9.84 Å². The van der Waals surface area contributed by atoms with E-state index in [9.17, 15) is 12.6 Å². The summed E-state index contributed by atoms with van der Waals surface area (Å²) in [6, 6.07) is 6.57. The minimum Gasteiger partial charge on any atom is -0.385 e. The Hall–Kier alpha value is -0.760. The van der Waals surface area contributed by atoms with Crippen LogP contribution in [0.5, 0.6) is 0 Å². The lowest BCUT2D eigenvalue weighted by atomic mass is 10.2. The predicted molar refractivity (Wildman–Crippen MR) is 80.8 cm³/mol. The molecule has 0 bridgehead atoms. The van der Waals surface area contributed by atoms with Gasteiger partial charge in [-0.2, -0.15) is 0 Å². The zero-order chi connectivity index (χ0) is 15.0. The molecule has 7 heteroatoms. The SMILES string of the molecule is COCCCS(=O)CCS(=O)(=O)c1cccc(CN)c1. The van der Waals surface area contributed by atoms with E-state index in [1.165, 1.54) is 0 Å². The highest BCUT2D eigenvalue weighted by Gasteiger charge is 2.16. The lowest BCUT2D eigenvalue weighted by molar-refractivity contribution is 0.200. The van der Waals surface area contributed by atoms with Crippen molar-refractivity contribution in [3.63, 3.8) is 0 Å². The molecule has 0 aliphatic rings. The highest BCUT2D eigenvalue weighted by molar-refractivity contribution is 7.93. The van der Waals surface area contributed by atoms with Crippen LogP contribution in [0.4, 0.5) is 0 Å². The summed E-state index contributed by atoms with van der Waals surface area (Å²) in [6.45, 7) is 0.837. The van der Waals surface area contributed by atoms with Crippen molar-refractivity contribution in [1.82, 2.24) is 0 Å².